The number of hydrazine groups is 1. The first-order valence-corrected chi connectivity index (χ1v) is 12.0. The van der Waals surface area contributed by atoms with Gasteiger partial charge >= 0.3 is 0 Å². The number of rotatable bonds is 4. The molecule has 1 N–H and O–H groups in total. The predicted molar refractivity (Wildman–Crippen MR) is 136 cm³/mol. The molecule has 1 saturated heterocycles. The van der Waals surface area contributed by atoms with E-state index in [1.165, 1.54) is 28.9 Å². The van der Waals surface area contributed by atoms with Crippen molar-refractivity contribution in [3.8, 4) is 0 Å². The third kappa shape index (κ3) is 4.73. The highest BCUT2D eigenvalue weighted by atomic mass is 35.5. The lowest BCUT2D eigenvalue weighted by atomic mass is 10.2. The predicted octanol–water partition coefficient (Wildman–Crippen LogP) is 7.66. The molecule has 1 atom stereocenters. The van der Waals surface area contributed by atoms with Gasteiger partial charge in [-0.05, 0) is 55.3 Å². The van der Waals surface area contributed by atoms with Gasteiger partial charge in [-0.15, -0.1) is 11.8 Å². The van der Waals surface area contributed by atoms with Gasteiger partial charge < -0.3 is 0 Å². The minimum absolute atomic E-state index is 0.248. The van der Waals surface area contributed by atoms with E-state index in [9.17, 15) is 4.79 Å². The molecule has 4 rings (SSSR count). The largest absolute Gasteiger partial charge is 0.276 e. The molecule has 9 heteroatoms. The van der Waals surface area contributed by atoms with Gasteiger partial charge in [-0.2, -0.15) is 0 Å². The third-order valence-electron chi connectivity index (χ3n) is 4.81. The number of anilines is 1. The molecule has 4 nitrogen and oxygen atoms in total. The lowest BCUT2D eigenvalue weighted by Gasteiger charge is -2.19. The SMILES string of the molecule is Cc1ccc(Cl)c(N=C2NN(c3c(Cl)cc(Cl)cc3Cl)C(=O)C2Sc2ccccc2C)c1. The molecule has 3 aromatic rings. The van der Waals surface area contributed by atoms with E-state index < -0.39 is 5.25 Å². The van der Waals surface area contributed by atoms with Crippen LogP contribution in [-0.4, -0.2) is 17.0 Å². The molecule has 0 aliphatic carbocycles. The number of carbonyl (C=O) groups is 1. The quantitative estimate of drug-likeness (QED) is 0.381. The Balaban J connectivity index is 1.81. The zero-order chi connectivity index (χ0) is 23.0. The minimum Gasteiger partial charge on any atom is -0.276 e. The molecule has 1 unspecified atom stereocenters. The molecule has 1 aliphatic heterocycles. The first-order valence-electron chi connectivity index (χ1n) is 9.57. The van der Waals surface area contributed by atoms with Crippen LogP contribution in [0.15, 0.2) is 64.5 Å². The summed E-state index contributed by atoms with van der Waals surface area (Å²) in [4.78, 5) is 19.2. The van der Waals surface area contributed by atoms with Gasteiger partial charge in [0, 0.05) is 9.92 Å². The molecule has 0 bridgehead atoms. The number of halogens is 4. The van der Waals surface area contributed by atoms with E-state index in [0.717, 1.165) is 16.0 Å². The van der Waals surface area contributed by atoms with Gasteiger partial charge in [-0.25, -0.2) is 10.0 Å². The van der Waals surface area contributed by atoms with Crippen LogP contribution in [0.2, 0.25) is 20.1 Å². The van der Waals surface area contributed by atoms with Gasteiger partial charge in [0.1, 0.15) is 16.8 Å². The molecule has 0 aromatic heterocycles. The lowest BCUT2D eigenvalue weighted by Crippen LogP contribution is -2.36. The van der Waals surface area contributed by atoms with Crippen LogP contribution < -0.4 is 10.4 Å². The van der Waals surface area contributed by atoms with E-state index in [1.807, 2.05) is 50.2 Å². The van der Waals surface area contributed by atoms with Crippen LogP contribution in [0.3, 0.4) is 0 Å². The van der Waals surface area contributed by atoms with Crippen LogP contribution in [0.4, 0.5) is 11.4 Å². The fourth-order valence-electron chi connectivity index (χ4n) is 3.22. The van der Waals surface area contributed by atoms with Gasteiger partial charge in [-0.1, -0.05) is 70.7 Å². The highest BCUT2D eigenvalue weighted by Gasteiger charge is 2.41. The number of carbonyl (C=O) groups excluding carboxylic acids is 1. The maximum absolute atomic E-state index is 13.5. The molecule has 0 saturated carbocycles. The van der Waals surface area contributed by atoms with E-state index in [2.05, 4.69) is 5.43 Å². The second-order valence-electron chi connectivity index (χ2n) is 7.22. The van der Waals surface area contributed by atoms with Crippen molar-refractivity contribution in [2.75, 3.05) is 5.01 Å². The van der Waals surface area contributed by atoms with E-state index in [1.54, 1.807) is 6.07 Å². The van der Waals surface area contributed by atoms with Crippen LogP contribution in [0.25, 0.3) is 0 Å². The Morgan fingerprint density at radius 2 is 1.62 bits per heavy atom. The maximum Gasteiger partial charge on any atom is 0.267 e. The first-order chi connectivity index (χ1) is 15.2. The average Bonchev–Trinajstić information content (AvgIpc) is 3.01. The summed E-state index contributed by atoms with van der Waals surface area (Å²) < 4.78 is 0. The lowest BCUT2D eigenvalue weighted by molar-refractivity contribution is -0.116. The van der Waals surface area contributed by atoms with Crippen molar-refractivity contribution in [1.29, 1.82) is 0 Å². The summed E-state index contributed by atoms with van der Waals surface area (Å²) in [6.07, 6.45) is 0. The number of thioether (sulfide) groups is 1. The maximum atomic E-state index is 13.5. The Morgan fingerprint density at radius 3 is 2.31 bits per heavy atom. The number of hydrogen-bond donors (Lipinski definition) is 1. The Morgan fingerprint density at radius 1 is 0.938 bits per heavy atom. The van der Waals surface area contributed by atoms with Crippen molar-refractivity contribution >= 4 is 81.3 Å². The fourth-order valence-corrected chi connectivity index (χ4v) is 5.45. The van der Waals surface area contributed by atoms with Crippen LogP contribution in [-0.2, 0) is 4.79 Å². The van der Waals surface area contributed by atoms with Crippen molar-refractivity contribution in [3.63, 3.8) is 0 Å². The highest BCUT2D eigenvalue weighted by Crippen LogP contribution is 2.40. The number of nitrogens with one attached hydrogen (secondary N) is 1. The summed E-state index contributed by atoms with van der Waals surface area (Å²) in [5.74, 6) is 0.171. The normalized spacial score (nSPS) is 17.2. The number of amides is 1. The van der Waals surface area contributed by atoms with Gasteiger partial charge in [0.25, 0.3) is 5.91 Å². The summed E-state index contributed by atoms with van der Waals surface area (Å²) in [6, 6.07) is 16.5. The third-order valence-corrected chi connectivity index (χ3v) is 7.29. The zero-order valence-electron chi connectivity index (χ0n) is 17.0. The van der Waals surface area contributed by atoms with E-state index in [-0.39, 0.29) is 16.0 Å². The minimum atomic E-state index is -0.657. The van der Waals surface area contributed by atoms with Gasteiger partial charge in [0.2, 0.25) is 0 Å². The molecule has 0 radical (unpaired) electrons. The van der Waals surface area contributed by atoms with E-state index in [0.29, 0.717) is 27.3 Å². The number of amidine groups is 1. The number of benzene rings is 3. The summed E-state index contributed by atoms with van der Waals surface area (Å²) in [5, 5.41) is 2.02. The monoisotopic (exact) mass is 523 g/mol. The number of aliphatic imine (C=N–C) groups is 1. The van der Waals surface area contributed by atoms with E-state index >= 15 is 0 Å². The molecule has 1 fully saturated rings. The van der Waals surface area contributed by atoms with Crippen LogP contribution in [0.5, 0.6) is 0 Å². The van der Waals surface area contributed by atoms with Gasteiger partial charge in [0.15, 0.2) is 0 Å². The number of hydrogen-bond acceptors (Lipinski definition) is 3. The molecule has 1 heterocycles. The van der Waals surface area contributed by atoms with Crippen molar-refractivity contribution < 1.29 is 4.79 Å². The zero-order valence-corrected chi connectivity index (χ0v) is 20.8. The number of aryl methyl sites for hydroxylation is 2. The van der Waals surface area contributed by atoms with Crippen molar-refractivity contribution in [2.45, 2.75) is 24.0 Å². The van der Waals surface area contributed by atoms with Crippen molar-refractivity contribution in [2.24, 2.45) is 4.99 Å². The molecular weight excluding hydrogens is 508 g/mol. The second kappa shape index (κ2) is 9.54. The van der Waals surface area contributed by atoms with Crippen molar-refractivity contribution in [1.82, 2.24) is 5.43 Å². The standard InChI is InChI=1S/C23H17Cl4N3OS/c1-12-7-8-15(25)18(9-12)28-22-21(32-19-6-4-3-5-13(19)2)23(31)30(29-22)20-16(26)10-14(24)11-17(20)27/h3-11,21H,1-2H3,(H,28,29). The van der Waals surface area contributed by atoms with Crippen molar-refractivity contribution in [3.05, 3.63) is 85.8 Å². The summed E-state index contributed by atoms with van der Waals surface area (Å²) in [6.45, 7) is 3.94. The molecule has 1 amide bonds. The molecule has 32 heavy (non-hydrogen) atoms. The van der Waals surface area contributed by atoms with Gasteiger partial charge in [-0.3, -0.25) is 10.2 Å². The number of nitrogens with zero attached hydrogens (tertiary/aromatic N) is 2. The topological polar surface area (TPSA) is 44.7 Å². The second-order valence-corrected chi connectivity index (χ2v) is 10.0. The average molecular weight is 525 g/mol. The molecule has 1 aliphatic rings. The van der Waals surface area contributed by atoms with Crippen LogP contribution in [0, 0.1) is 13.8 Å². The Bertz CT molecular complexity index is 1220. The van der Waals surface area contributed by atoms with E-state index in [4.69, 9.17) is 51.4 Å². The Hall–Kier alpha value is -1.89. The summed E-state index contributed by atoms with van der Waals surface area (Å²) in [7, 11) is 0. The smallest absolute Gasteiger partial charge is 0.267 e. The molecule has 0 spiro atoms. The summed E-state index contributed by atoms with van der Waals surface area (Å²) in [5.41, 5.74) is 6.02. The van der Waals surface area contributed by atoms with Crippen LogP contribution in [0.1, 0.15) is 11.1 Å². The molecule has 3 aromatic carbocycles. The van der Waals surface area contributed by atoms with Crippen LogP contribution >= 0.6 is 58.2 Å². The fraction of sp³-hybridized carbons (Fsp3) is 0.130. The highest BCUT2D eigenvalue weighted by molar-refractivity contribution is 8.01. The Kier molecular flexibility index (Phi) is 6.94. The molecule has 164 valence electrons. The molecular formula is C23H17Cl4N3OS. The van der Waals surface area contributed by atoms with Gasteiger partial charge in [0.05, 0.1) is 20.8 Å². The summed E-state index contributed by atoms with van der Waals surface area (Å²) >= 11 is 26.6. The Labute approximate surface area is 210 Å². The first kappa shape index (κ1) is 23.3.